The molecule has 0 saturated carbocycles. The molecule has 0 aliphatic heterocycles. The molecule has 1 unspecified atom stereocenters. The van der Waals surface area contributed by atoms with Crippen LogP contribution in [0.25, 0.3) is 0 Å². The molecule has 1 atom stereocenters. The van der Waals surface area contributed by atoms with Crippen LogP contribution in [0.5, 0.6) is 23.0 Å². The number of benzene rings is 4. The Morgan fingerprint density at radius 1 is 0.371 bits per heavy atom. The second-order valence-electron chi connectivity index (χ2n) is 28.4. The Kier molecular flexibility index (Phi) is 17.8. The van der Waals surface area contributed by atoms with E-state index in [0.29, 0.717) is 49.1 Å². The van der Waals surface area contributed by atoms with Crippen molar-refractivity contribution in [1.82, 2.24) is 4.90 Å². The maximum Gasteiger partial charge on any atom is 0.316 e. The van der Waals surface area contributed by atoms with Gasteiger partial charge in [-0.2, -0.15) is 12.6 Å². The third-order valence-corrected chi connectivity index (χ3v) is 13.5. The molecule has 8 heteroatoms. The summed E-state index contributed by atoms with van der Waals surface area (Å²) in [6.07, 6.45) is 0.338. The molecule has 4 aromatic rings. The fourth-order valence-electron chi connectivity index (χ4n) is 9.00. The molecule has 0 aliphatic rings. The zero-order valence-corrected chi connectivity index (χ0v) is 49.0. The number of hydrogen-bond donors (Lipinski definition) is 6. The van der Waals surface area contributed by atoms with Crippen molar-refractivity contribution in [3.05, 3.63) is 115 Å². The van der Waals surface area contributed by atoms with Gasteiger partial charge in [-0.05, 0) is 117 Å². The molecule has 4 aromatic carbocycles. The molecule has 0 radical (unpaired) electrons. The number of carboxylic acids is 1. The van der Waals surface area contributed by atoms with Gasteiger partial charge < -0.3 is 25.5 Å². The Bertz CT molecular complexity index is 2150. The highest BCUT2D eigenvalue weighted by Gasteiger charge is 2.32. The van der Waals surface area contributed by atoms with E-state index in [1.54, 1.807) is 0 Å². The topological polar surface area (TPSA) is 121 Å². The summed E-state index contributed by atoms with van der Waals surface area (Å²) in [7, 11) is 0. The Morgan fingerprint density at radius 2 is 0.529 bits per heavy atom. The Morgan fingerprint density at radius 3 is 0.671 bits per heavy atom. The molecule has 4 rings (SSSR count). The van der Waals surface area contributed by atoms with E-state index in [4.69, 9.17) is 5.11 Å². The number of nitrogens with zero attached hydrogens (tertiary/aromatic N) is 1. The zero-order valence-electron chi connectivity index (χ0n) is 48.1. The number of aromatic hydroxyl groups is 4. The molecule has 0 fully saturated rings. The summed E-state index contributed by atoms with van der Waals surface area (Å²) in [4.78, 5) is 13.5. The zero-order chi connectivity index (χ0) is 54.5. The summed E-state index contributed by atoms with van der Waals surface area (Å²) in [5.41, 5.74) is 9.99. The van der Waals surface area contributed by atoms with Crippen LogP contribution in [0.1, 0.15) is 233 Å². The summed E-state index contributed by atoms with van der Waals surface area (Å²) >= 11 is 4.11. The van der Waals surface area contributed by atoms with Gasteiger partial charge in [0.25, 0.3) is 0 Å². The summed E-state index contributed by atoms with van der Waals surface area (Å²) in [6, 6.07) is 16.9. The van der Waals surface area contributed by atoms with Crippen molar-refractivity contribution >= 4 is 18.6 Å². The first-order valence-electron chi connectivity index (χ1n) is 25.3. The second-order valence-corrected chi connectivity index (χ2v) is 29.0. The van der Waals surface area contributed by atoms with Gasteiger partial charge in [0, 0.05) is 19.6 Å². The van der Waals surface area contributed by atoms with E-state index in [2.05, 4.69) is 179 Å². The third-order valence-electron chi connectivity index (χ3n) is 13.1. The van der Waals surface area contributed by atoms with Crippen molar-refractivity contribution < 1.29 is 30.3 Å². The number of phenols is 4. The first kappa shape index (κ1) is 60.2. The molecule has 70 heavy (non-hydrogen) atoms. The van der Waals surface area contributed by atoms with Crippen molar-refractivity contribution in [3.63, 3.8) is 0 Å². The third kappa shape index (κ3) is 15.4. The number of carboxylic acid groups (broad SMARTS) is 1. The lowest BCUT2D eigenvalue weighted by Gasteiger charge is -2.32. The van der Waals surface area contributed by atoms with E-state index in [0.717, 1.165) is 66.8 Å². The molecular weight excluding hydrogens is 887 g/mol. The maximum absolute atomic E-state index is 11.5. The fourth-order valence-corrected chi connectivity index (χ4v) is 9.21. The molecule has 0 spiro atoms. The van der Waals surface area contributed by atoms with Crippen LogP contribution in [-0.4, -0.2) is 41.7 Å². The van der Waals surface area contributed by atoms with Gasteiger partial charge in [0.05, 0.1) is 0 Å². The minimum atomic E-state index is -0.930. The summed E-state index contributed by atoms with van der Waals surface area (Å²) in [5.74, 6) is 0.552. The fraction of sp³-hybridized carbons (Fsp3) is 0.597. The van der Waals surface area contributed by atoms with Gasteiger partial charge >= 0.3 is 5.97 Å². The molecule has 0 saturated heterocycles. The Labute approximate surface area is 431 Å². The standard InChI is InChI=1S/C45H69NO3.C17H26O3S/c1-40(2,3)31-19-28(20-32(37(31)47)41(4,5)6)25-46(26-29-21-33(42(7,8)9)38(48)34(22-29)43(10,11)12)27-30-23-35(44(13,14)15)39(49)36(24-30)45(16,17)18;1-16(2,3)11-7-10(9-13(21)15(19)20)8-12(14(11)18)17(4,5)6/h19-24,47-49H,25-27H2,1-18H3;7-8,13,18,21H,9H2,1-6H3,(H,19,20). The highest BCUT2D eigenvalue weighted by molar-refractivity contribution is 7.81. The molecule has 0 amide bonds. The van der Waals surface area contributed by atoms with Gasteiger partial charge in [-0.25, -0.2) is 0 Å². The lowest BCUT2D eigenvalue weighted by Crippen LogP contribution is -2.26. The number of thiol groups is 1. The molecular formula is C62H95NO6S. The average Bonchev–Trinajstić information content (AvgIpc) is 3.13. The van der Waals surface area contributed by atoms with E-state index in [1.807, 2.05) is 53.7 Å². The van der Waals surface area contributed by atoms with Crippen molar-refractivity contribution in [2.24, 2.45) is 0 Å². The number of carbonyl (C=O) groups is 1. The Balaban J connectivity index is 0.000000514. The van der Waals surface area contributed by atoms with Crippen LogP contribution in [0.15, 0.2) is 48.5 Å². The normalized spacial score (nSPS) is 13.9. The van der Waals surface area contributed by atoms with Gasteiger partial charge in [0.15, 0.2) is 0 Å². The lowest BCUT2D eigenvalue weighted by molar-refractivity contribution is -0.136. The van der Waals surface area contributed by atoms with Crippen LogP contribution >= 0.6 is 12.6 Å². The van der Waals surface area contributed by atoms with Crippen LogP contribution in [0.3, 0.4) is 0 Å². The molecule has 5 N–H and O–H groups in total. The number of aliphatic carboxylic acids is 1. The predicted octanol–water partition coefficient (Wildman–Crippen LogP) is 15.7. The highest BCUT2D eigenvalue weighted by Crippen LogP contribution is 2.45. The van der Waals surface area contributed by atoms with Crippen LogP contribution in [0, 0.1) is 0 Å². The summed E-state index contributed by atoms with van der Waals surface area (Å²) in [5, 5.41) is 53.4. The molecule has 390 valence electrons. The molecule has 0 aromatic heterocycles. The van der Waals surface area contributed by atoms with Gasteiger partial charge in [0.2, 0.25) is 0 Å². The first-order chi connectivity index (χ1) is 31.1. The van der Waals surface area contributed by atoms with Crippen LogP contribution in [0.4, 0.5) is 0 Å². The van der Waals surface area contributed by atoms with E-state index < -0.39 is 11.2 Å². The minimum absolute atomic E-state index is 0.213. The van der Waals surface area contributed by atoms with E-state index in [1.165, 1.54) is 0 Å². The highest BCUT2D eigenvalue weighted by atomic mass is 32.1. The van der Waals surface area contributed by atoms with Crippen molar-refractivity contribution in [3.8, 4) is 23.0 Å². The largest absolute Gasteiger partial charge is 0.507 e. The summed E-state index contributed by atoms with van der Waals surface area (Å²) in [6.45, 7) is 53.1. The van der Waals surface area contributed by atoms with Crippen LogP contribution in [0.2, 0.25) is 0 Å². The summed E-state index contributed by atoms with van der Waals surface area (Å²) < 4.78 is 0. The van der Waals surface area contributed by atoms with Gasteiger partial charge in [-0.15, -0.1) is 0 Å². The molecule has 7 nitrogen and oxygen atoms in total. The van der Waals surface area contributed by atoms with Crippen LogP contribution < -0.4 is 0 Å². The number of rotatable bonds is 9. The van der Waals surface area contributed by atoms with Gasteiger partial charge in [0.1, 0.15) is 28.2 Å². The van der Waals surface area contributed by atoms with Crippen molar-refractivity contribution in [1.29, 1.82) is 0 Å². The predicted molar refractivity (Wildman–Crippen MR) is 299 cm³/mol. The molecule has 0 heterocycles. The average molecular weight is 983 g/mol. The smallest absolute Gasteiger partial charge is 0.316 e. The lowest BCUT2D eigenvalue weighted by atomic mass is 9.78. The molecule has 0 aliphatic carbocycles. The Hall–Kier alpha value is -4.14. The van der Waals surface area contributed by atoms with E-state index >= 15 is 0 Å². The molecule has 0 bridgehead atoms. The monoisotopic (exact) mass is 982 g/mol. The van der Waals surface area contributed by atoms with Gasteiger partial charge in [-0.3, -0.25) is 9.69 Å². The quantitative estimate of drug-likeness (QED) is 0.0924. The van der Waals surface area contributed by atoms with E-state index in [9.17, 15) is 25.2 Å². The van der Waals surface area contributed by atoms with Crippen molar-refractivity contribution in [2.45, 2.75) is 241 Å². The second kappa shape index (κ2) is 20.8. The maximum atomic E-state index is 11.5. The number of phenolic OH excluding ortho intramolecular Hbond substituents is 4. The van der Waals surface area contributed by atoms with Gasteiger partial charge in [-0.1, -0.05) is 215 Å². The van der Waals surface area contributed by atoms with Crippen LogP contribution in [-0.2, 0) is 74.2 Å². The van der Waals surface area contributed by atoms with Crippen molar-refractivity contribution in [2.75, 3.05) is 0 Å². The SMILES string of the molecule is CC(C)(C)c1cc(CC(S)C(=O)O)cc(C(C)(C)C)c1O.CC(C)(C)c1cc(CN(Cc2cc(C(C)(C)C)c(O)c(C(C)(C)C)c2)Cc2cc(C(C)(C)C)c(O)c(C(C)(C)C)c2)cc(C(C)(C)C)c1O. The minimum Gasteiger partial charge on any atom is -0.507 e. The van der Waals surface area contributed by atoms with E-state index in [-0.39, 0.29) is 43.3 Å². The number of hydrogen-bond acceptors (Lipinski definition) is 7. The first-order valence-corrected chi connectivity index (χ1v) is 25.8.